The van der Waals surface area contributed by atoms with Crippen molar-refractivity contribution in [3.63, 3.8) is 0 Å². The van der Waals surface area contributed by atoms with Crippen LogP contribution in [0.25, 0.3) is 10.9 Å². The van der Waals surface area contributed by atoms with E-state index in [2.05, 4.69) is 4.98 Å². The van der Waals surface area contributed by atoms with Gasteiger partial charge in [0.2, 0.25) is 5.91 Å². The predicted octanol–water partition coefficient (Wildman–Crippen LogP) is 1.97. The molecule has 0 spiro atoms. The van der Waals surface area contributed by atoms with Gasteiger partial charge in [-0.05, 0) is 24.5 Å². The quantitative estimate of drug-likeness (QED) is 0.893. The molecule has 0 aliphatic carbocycles. The first-order valence-electron chi connectivity index (χ1n) is 8.66. The zero-order valence-corrected chi connectivity index (χ0v) is 14.2. The van der Waals surface area contributed by atoms with Crippen LogP contribution in [0.2, 0.25) is 0 Å². The Hall–Kier alpha value is -2.34. The van der Waals surface area contributed by atoms with Gasteiger partial charge < -0.3 is 19.7 Å². The van der Waals surface area contributed by atoms with Crippen molar-refractivity contribution >= 4 is 22.8 Å². The molecule has 6 nitrogen and oxygen atoms in total. The predicted molar refractivity (Wildman–Crippen MR) is 92.3 cm³/mol. The number of carbonyl (C=O) groups excluding carboxylic acids is 1. The first kappa shape index (κ1) is 16.1. The van der Waals surface area contributed by atoms with Crippen LogP contribution in [0.4, 0.5) is 0 Å². The Morgan fingerprint density at radius 1 is 1.44 bits per heavy atom. The summed E-state index contributed by atoms with van der Waals surface area (Å²) >= 11 is 0. The number of hydrogen-bond acceptors (Lipinski definition) is 3. The maximum Gasteiger partial charge on any atom is 0.311 e. The molecule has 0 bridgehead atoms. The molecule has 132 valence electrons. The van der Waals surface area contributed by atoms with Crippen molar-refractivity contribution in [3.05, 3.63) is 35.5 Å². The van der Waals surface area contributed by atoms with Crippen LogP contribution >= 0.6 is 0 Å². The van der Waals surface area contributed by atoms with Gasteiger partial charge in [-0.3, -0.25) is 9.59 Å². The number of benzene rings is 1. The number of aliphatic carboxylic acids is 1. The summed E-state index contributed by atoms with van der Waals surface area (Å²) in [5.74, 6) is -0.941. The summed E-state index contributed by atoms with van der Waals surface area (Å²) < 4.78 is 5.46. The highest BCUT2D eigenvalue weighted by atomic mass is 16.5. The molecule has 1 aromatic heterocycles. The summed E-state index contributed by atoms with van der Waals surface area (Å²) in [5.41, 5.74) is 2.31. The average molecular weight is 342 g/mol. The van der Waals surface area contributed by atoms with Crippen molar-refractivity contribution in [1.29, 1.82) is 0 Å². The molecule has 0 saturated carbocycles. The molecule has 0 radical (unpaired) electrons. The second kappa shape index (κ2) is 5.88. The second-order valence-electron chi connectivity index (χ2n) is 7.25. The van der Waals surface area contributed by atoms with Crippen LogP contribution in [0, 0.1) is 18.3 Å². The number of H-pyrrole nitrogens is 1. The largest absolute Gasteiger partial charge is 0.481 e. The molecule has 2 saturated heterocycles. The second-order valence-corrected chi connectivity index (χ2v) is 7.25. The van der Waals surface area contributed by atoms with E-state index in [4.69, 9.17) is 4.74 Å². The zero-order valence-electron chi connectivity index (χ0n) is 14.2. The van der Waals surface area contributed by atoms with E-state index in [1.54, 1.807) is 4.90 Å². The van der Waals surface area contributed by atoms with Gasteiger partial charge in [0.25, 0.3) is 0 Å². The maximum atomic E-state index is 12.8. The summed E-state index contributed by atoms with van der Waals surface area (Å²) in [6, 6.07) is 6.03. The third-order valence-electron chi connectivity index (χ3n) is 5.84. The van der Waals surface area contributed by atoms with Crippen molar-refractivity contribution in [2.75, 3.05) is 26.3 Å². The zero-order chi connectivity index (χ0) is 17.6. The number of fused-ring (bicyclic) bond motifs is 2. The average Bonchev–Trinajstić information content (AvgIpc) is 3.18. The lowest BCUT2D eigenvalue weighted by atomic mass is 9.74. The standard InChI is InChI=1S/C19H22N2O4/c1-12-3-2-4-15-13(8-20-17(12)15)7-16(22)21-9-14-10-25-6-5-19(14,11-21)18(23)24/h2-4,8,14,20H,5-7,9-11H2,1H3,(H,23,24)/t14-,19+/m0/s1. The molecular weight excluding hydrogens is 320 g/mol. The maximum absolute atomic E-state index is 12.8. The van der Waals surface area contributed by atoms with Gasteiger partial charge in [0.1, 0.15) is 0 Å². The third kappa shape index (κ3) is 2.52. The number of likely N-dealkylation sites (tertiary alicyclic amines) is 1. The summed E-state index contributed by atoms with van der Waals surface area (Å²) in [6.07, 6.45) is 2.64. The smallest absolute Gasteiger partial charge is 0.311 e. The third-order valence-corrected chi connectivity index (χ3v) is 5.84. The van der Waals surface area contributed by atoms with Crippen LogP contribution in [0.3, 0.4) is 0 Å². The first-order valence-corrected chi connectivity index (χ1v) is 8.66. The van der Waals surface area contributed by atoms with Gasteiger partial charge in [-0.2, -0.15) is 0 Å². The van der Waals surface area contributed by atoms with E-state index >= 15 is 0 Å². The van der Waals surface area contributed by atoms with Crippen LogP contribution < -0.4 is 0 Å². The monoisotopic (exact) mass is 342 g/mol. The van der Waals surface area contributed by atoms with Gasteiger partial charge in [-0.15, -0.1) is 0 Å². The highest BCUT2D eigenvalue weighted by molar-refractivity contribution is 5.91. The molecule has 2 N–H and O–H groups in total. The summed E-state index contributed by atoms with van der Waals surface area (Å²) in [5, 5.41) is 10.8. The number of carboxylic acid groups (broad SMARTS) is 1. The van der Waals surface area contributed by atoms with Gasteiger partial charge in [0.05, 0.1) is 18.4 Å². The number of carboxylic acids is 1. The van der Waals surface area contributed by atoms with Gasteiger partial charge >= 0.3 is 5.97 Å². The minimum Gasteiger partial charge on any atom is -0.481 e. The van der Waals surface area contributed by atoms with Crippen LogP contribution in [0.5, 0.6) is 0 Å². The topological polar surface area (TPSA) is 82.6 Å². The number of aromatic amines is 1. The van der Waals surface area contributed by atoms with E-state index in [1.165, 1.54) is 0 Å². The highest BCUT2D eigenvalue weighted by Gasteiger charge is 2.54. The van der Waals surface area contributed by atoms with Crippen LogP contribution in [0.1, 0.15) is 17.5 Å². The normalized spacial score (nSPS) is 26.0. The van der Waals surface area contributed by atoms with E-state index in [1.807, 2.05) is 31.3 Å². The Morgan fingerprint density at radius 2 is 2.28 bits per heavy atom. The number of carbonyl (C=O) groups is 2. The van der Waals surface area contributed by atoms with Gasteiger partial charge in [-0.25, -0.2) is 0 Å². The van der Waals surface area contributed by atoms with E-state index in [9.17, 15) is 14.7 Å². The van der Waals surface area contributed by atoms with Gasteiger partial charge in [0, 0.05) is 42.7 Å². The van der Waals surface area contributed by atoms with Crippen LogP contribution in [-0.2, 0) is 20.7 Å². The molecule has 1 amide bonds. The molecule has 3 heterocycles. The molecule has 1 aromatic carbocycles. The number of nitrogens with zero attached hydrogens (tertiary/aromatic N) is 1. The number of ether oxygens (including phenoxy) is 1. The Kier molecular flexibility index (Phi) is 3.80. The summed E-state index contributed by atoms with van der Waals surface area (Å²) in [6.45, 7) is 3.66. The lowest BCUT2D eigenvalue weighted by Gasteiger charge is -2.33. The molecule has 4 rings (SSSR count). The van der Waals surface area contributed by atoms with Crippen molar-refractivity contribution in [2.45, 2.75) is 19.8 Å². The molecule has 6 heteroatoms. The van der Waals surface area contributed by atoms with Crippen molar-refractivity contribution in [2.24, 2.45) is 11.3 Å². The Labute approximate surface area is 145 Å². The minimum atomic E-state index is -0.843. The van der Waals surface area contributed by atoms with E-state index < -0.39 is 11.4 Å². The Bertz CT molecular complexity index is 843. The molecular formula is C19H22N2O4. The number of rotatable bonds is 3. The molecule has 2 atom stereocenters. The molecule has 0 unspecified atom stereocenters. The van der Waals surface area contributed by atoms with Crippen molar-refractivity contribution in [1.82, 2.24) is 9.88 Å². The molecule has 2 aliphatic rings. The van der Waals surface area contributed by atoms with Crippen molar-refractivity contribution in [3.8, 4) is 0 Å². The lowest BCUT2D eigenvalue weighted by molar-refractivity contribution is -0.157. The van der Waals surface area contributed by atoms with Crippen LogP contribution in [0.15, 0.2) is 24.4 Å². The van der Waals surface area contributed by atoms with Crippen LogP contribution in [-0.4, -0.2) is 53.2 Å². The number of aromatic nitrogens is 1. The van der Waals surface area contributed by atoms with Crippen molar-refractivity contribution < 1.29 is 19.4 Å². The number of para-hydroxylation sites is 1. The van der Waals surface area contributed by atoms with E-state index in [0.717, 1.165) is 22.0 Å². The number of amides is 1. The number of nitrogens with one attached hydrogen (secondary N) is 1. The molecule has 25 heavy (non-hydrogen) atoms. The molecule has 2 aliphatic heterocycles. The number of aryl methyl sites for hydroxylation is 1. The fourth-order valence-corrected chi connectivity index (χ4v) is 4.27. The number of hydrogen-bond donors (Lipinski definition) is 2. The molecule has 2 aromatic rings. The Morgan fingerprint density at radius 3 is 3.04 bits per heavy atom. The molecule has 2 fully saturated rings. The Balaban J connectivity index is 1.55. The SMILES string of the molecule is Cc1cccc2c(CC(=O)N3C[C@H]4COCC[C@@]4(C(=O)O)C3)c[nH]c12. The van der Waals surface area contributed by atoms with Gasteiger partial charge in [0.15, 0.2) is 0 Å². The fourth-order valence-electron chi connectivity index (χ4n) is 4.27. The van der Waals surface area contributed by atoms with Gasteiger partial charge in [-0.1, -0.05) is 18.2 Å². The lowest BCUT2D eigenvalue weighted by Crippen LogP contribution is -2.45. The summed E-state index contributed by atoms with van der Waals surface area (Å²) in [7, 11) is 0. The fraction of sp³-hybridized carbons (Fsp3) is 0.474. The summed E-state index contributed by atoms with van der Waals surface area (Å²) in [4.78, 5) is 29.6. The van der Waals surface area contributed by atoms with E-state index in [-0.39, 0.29) is 24.8 Å². The first-order chi connectivity index (χ1) is 12.0. The highest BCUT2D eigenvalue weighted by Crippen LogP contribution is 2.42. The minimum absolute atomic E-state index is 0.0163. The van der Waals surface area contributed by atoms with E-state index in [0.29, 0.717) is 26.2 Å².